The predicted molar refractivity (Wildman–Crippen MR) is 65.7 cm³/mol. The molecule has 0 bridgehead atoms. The minimum atomic E-state index is -0.147. The first-order valence-corrected chi connectivity index (χ1v) is 6.36. The van der Waals surface area contributed by atoms with E-state index in [4.69, 9.17) is 4.74 Å². The highest BCUT2D eigenvalue weighted by molar-refractivity contribution is 5.77. The van der Waals surface area contributed by atoms with Gasteiger partial charge < -0.3 is 20.5 Å². The van der Waals surface area contributed by atoms with Crippen LogP contribution in [-0.4, -0.2) is 50.5 Å². The van der Waals surface area contributed by atoms with E-state index in [2.05, 4.69) is 10.6 Å². The topological polar surface area (TPSA) is 70.6 Å². The molecule has 0 radical (unpaired) electrons. The molecule has 2 atom stereocenters. The summed E-state index contributed by atoms with van der Waals surface area (Å²) in [6.45, 7) is 2.25. The summed E-state index contributed by atoms with van der Waals surface area (Å²) >= 11 is 0. The van der Waals surface area contributed by atoms with Crippen LogP contribution in [0.15, 0.2) is 0 Å². The third-order valence-corrected chi connectivity index (χ3v) is 3.10. The van der Waals surface area contributed by atoms with Crippen molar-refractivity contribution in [1.82, 2.24) is 10.6 Å². The van der Waals surface area contributed by atoms with Gasteiger partial charge in [-0.1, -0.05) is 6.42 Å². The van der Waals surface area contributed by atoms with Crippen LogP contribution in [0.5, 0.6) is 0 Å². The first-order chi connectivity index (χ1) is 8.22. The van der Waals surface area contributed by atoms with E-state index in [1.165, 1.54) is 0 Å². The fourth-order valence-corrected chi connectivity index (χ4v) is 2.19. The first kappa shape index (κ1) is 14.4. The maximum absolute atomic E-state index is 11.3. The largest absolute Gasteiger partial charge is 0.393 e. The van der Waals surface area contributed by atoms with E-state index >= 15 is 0 Å². The Morgan fingerprint density at radius 1 is 1.47 bits per heavy atom. The molecule has 0 aromatic heterocycles. The second-order valence-electron chi connectivity index (χ2n) is 4.66. The Bertz CT molecular complexity index is 224. The number of amides is 1. The minimum Gasteiger partial charge on any atom is -0.393 e. The summed E-state index contributed by atoms with van der Waals surface area (Å²) in [4.78, 5) is 11.3. The summed E-state index contributed by atoms with van der Waals surface area (Å²) in [6.07, 6.45) is 3.88. The smallest absolute Gasteiger partial charge is 0.234 e. The SMILES string of the molecule is COCCNC(=O)CNCC1CCCC(O)C1. The van der Waals surface area contributed by atoms with Crippen LogP contribution in [0.1, 0.15) is 25.7 Å². The molecule has 1 aliphatic rings. The van der Waals surface area contributed by atoms with Gasteiger partial charge in [-0.3, -0.25) is 4.79 Å². The molecule has 0 heterocycles. The molecule has 0 spiro atoms. The molecule has 0 aliphatic heterocycles. The van der Waals surface area contributed by atoms with E-state index in [0.29, 0.717) is 25.6 Å². The third-order valence-electron chi connectivity index (χ3n) is 3.10. The van der Waals surface area contributed by atoms with E-state index in [1.807, 2.05) is 0 Å². The molecule has 0 aromatic carbocycles. The van der Waals surface area contributed by atoms with Crippen LogP contribution in [0.2, 0.25) is 0 Å². The molecule has 17 heavy (non-hydrogen) atoms. The van der Waals surface area contributed by atoms with Crippen molar-refractivity contribution in [3.63, 3.8) is 0 Å². The van der Waals surface area contributed by atoms with Gasteiger partial charge in [0.15, 0.2) is 0 Å². The zero-order valence-electron chi connectivity index (χ0n) is 10.6. The summed E-state index contributed by atoms with van der Waals surface area (Å²) in [7, 11) is 1.61. The van der Waals surface area contributed by atoms with Crippen molar-refractivity contribution in [2.45, 2.75) is 31.8 Å². The average molecular weight is 244 g/mol. The lowest BCUT2D eigenvalue weighted by molar-refractivity contribution is -0.120. The van der Waals surface area contributed by atoms with Gasteiger partial charge in [0.2, 0.25) is 5.91 Å². The molecule has 1 fully saturated rings. The normalized spacial score (nSPS) is 24.6. The number of hydrogen-bond donors (Lipinski definition) is 3. The molecule has 3 N–H and O–H groups in total. The Labute approximate surface area is 103 Å². The number of aliphatic hydroxyl groups excluding tert-OH is 1. The number of carbonyl (C=O) groups excluding carboxylic acids is 1. The van der Waals surface area contributed by atoms with Gasteiger partial charge in [-0.25, -0.2) is 0 Å². The first-order valence-electron chi connectivity index (χ1n) is 6.36. The van der Waals surface area contributed by atoms with Gasteiger partial charge in [-0.2, -0.15) is 0 Å². The maximum Gasteiger partial charge on any atom is 0.234 e. The van der Waals surface area contributed by atoms with Crippen molar-refractivity contribution in [3.8, 4) is 0 Å². The molecule has 100 valence electrons. The summed E-state index contributed by atoms with van der Waals surface area (Å²) in [5.41, 5.74) is 0. The van der Waals surface area contributed by atoms with E-state index < -0.39 is 0 Å². The fourth-order valence-electron chi connectivity index (χ4n) is 2.19. The van der Waals surface area contributed by atoms with Crippen LogP contribution in [-0.2, 0) is 9.53 Å². The Hall–Kier alpha value is -0.650. The van der Waals surface area contributed by atoms with Crippen LogP contribution in [0.25, 0.3) is 0 Å². The Kier molecular flexibility index (Phi) is 7.16. The number of nitrogens with one attached hydrogen (secondary N) is 2. The highest BCUT2D eigenvalue weighted by Crippen LogP contribution is 2.23. The number of rotatable bonds is 7. The van der Waals surface area contributed by atoms with E-state index in [0.717, 1.165) is 32.2 Å². The summed E-state index contributed by atoms with van der Waals surface area (Å²) in [5, 5.41) is 15.4. The number of methoxy groups -OCH3 is 1. The number of carbonyl (C=O) groups is 1. The van der Waals surface area contributed by atoms with E-state index in [9.17, 15) is 9.90 Å². The zero-order valence-corrected chi connectivity index (χ0v) is 10.6. The monoisotopic (exact) mass is 244 g/mol. The number of hydrogen-bond acceptors (Lipinski definition) is 4. The molecule has 1 rings (SSSR count). The van der Waals surface area contributed by atoms with E-state index in [1.54, 1.807) is 7.11 Å². The molecule has 0 aromatic rings. The lowest BCUT2D eigenvalue weighted by Crippen LogP contribution is -2.38. The van der Waals surface area contributed by atoms with E-state index in [-0.39, 0.29) is 12.0 Å². The predicted octanol–water partition coefficient (Wildman–Crippen LogP) is -0.110. The summed E-state index contributed by atoms with van der Waals surface area (Å²) in [5.74, 6) is 0.504. The van der Waals surface area contributed by atoms with Crippen molar-refractivity contribution >= 4 is 5.91 Å². The minimum absolute atomic E-state index is 0.00147. The summed E-state index contributed by atoms with van der Waals surface area (Å²) < 4.78 is 4.84. The van der Waals surface area contributed by atoms with Crippen LogP contribution < -0.4 is 10.6 Å². The standard InChI is InChI=1S/C12H24N2O3/c1-17-6-5-14-12(16)9-13-8-10-3-2-4-11(15)7-10/h10-11,13,15H,2-9H2,1H3,(H,14,16). The van der Waals surface area contributed by atoms with Crippen LogP contribution >= 0.6 is 0 Å². The van der Waals surface area contributed by atoms with Gasteiger partial charge in [0.1, 0.15) is 0 Å². The van der Waals surface area contributed by atoms with Crippen LogP contribution in [0, 0.1) is 5.92 Å². The van der Waals surface area contributed by atoms with Gasteiger partial charge >= 0.3 is 0 Å². The second kappa shape index (κ2) is 8.44. The average Bonchev–Trinajstić information content (AvgIpc) is 2.29. The number of ether oxygens (including phenoxy) is 1. The molecular formula is C12H24N2O3. The van der Waals surface area contributed by atoms with Gasteiger partial charge in [0, 0.05) is 13.7 Å². The van der Waals surface area contributed by atoms with Gasteiger partial charge in [0.05, 0.1) is 19.3 Å². The molecule has 5 nitrogen and oxygen atoms in total. The van der Waals surface area contributed by atoms with Crippen molar-refractivity contribution < 1.29 is 14.6 Å². The van der Waals surface area contributed by atoms with Crippen LogP contribution in [0.3, 0.4) is 0 Å². The zero-order chi connectivity index (χ0) is 12.5. The Balaban J connectivity index is 2.00. The molecule has 2 unspecified atom stereocenters. The Morgan fingerprint density at radius 2 is 2.29 bits per heavy atom. The molecule has 1 amide bonds. The molecular weight excluding hydrogens is 220 g/mol. The summed E-state index contributed by atoms with van der Waals surface area (Å²) in [6, 6.07) is 0. The highest BCUT2D eigenvalue weighted by atomic mass is 16.5. The molecule has 1 aliphatic carbocycles. The van der Waals surface area contributed by atoms with Crippen molar-refractivity contribution in [1.29, 1.82) is 0 Å². The maximum atomic E-state index is 11.3. The molecule has 5 heteroatoms. The second-order valence-corrected chi connectivity index (χ2v) is 4.66. The van der Waals surface area contributed by atoms with Gasteiger partial charge in [0.25, 0.3) is 0 Å². The van der Waals surface area contributed by atoms with Gasteiger partial charge in [-0.05, 0) is 31.7 Å². The van der Waals surface area contributed by atoms with Crippen molar-refractivity contribution in [3.05, 3.63) is 0 Å². The number of aliphatic hydroxyl groups is 1. The lowest BCUT2D eigenvalue weighted by atomic mass is 9.87. The molecule has 0 saturated heterocycles. The van der Waals surface area contributed by atoms with Crippen molar-refractivity contribution in [2.24, 2.45) is 5.92 Å². The lowest BCUT2D eigenvalue weighted by Gasteiger charge is -2.25. The Morgan fingerprint density at radius 3 is 3.00 bits per heavy atom. The third kappa shape index (κ3) is 6.61. The quantitative estimate of drug-likeness (QED) is 0.547. The fraction of sp³-hybridized carbons (Fsp3) is 0.917. The van der Waals surface area contributed by atoms with Crippen LogP contribution in [0.4, 0.5) is 0 Å². The highest BCUT2D eigenvalue weighted by Gasteiger charge is 2.19. The molecule has 1 saturated carbocycles. The van der Waals surface area contributed by atoms with Crippen molar-refractivity contribution in [2.75, 3.05) is 33.4 Å². The van der Waals surface area contributed by atoms with Gasteiger partial charge in [-0.15, -0.1) is 0 Å².